The van der Waals surface area contributed by atoms with Gasteiger partial charge in [0.25, 0.3) is 5.91 Å². The van der Waals surface area contributed by atoms with Crippen LogP contribution in [0.2, 0.25) is 5.15 Å². The van der Waals surface area contributed by atoms with Crippen LogP contribution in [0.1, 0.15) is 40.2 Å². The molecule has 8 heteroatoms. The van der Waals surface area contributed by atoms with Crippen molar-refractivity contribution in [1.82, 2.24) is 14.9 Å². The zero-order valence-corrected chi connectivity index (χ0v) is 14.6. The lowest BCUT2D eigenvalue weighted by molar-refractivity contribution is -0.135. The Hall–Kier alpha value is -2.15. The minimum Gasteiger partial charge on any atom is -0.334 e. The van der Waals surface area contributed by atoms with Gasteiger partial charge >= 0.3 is 6.18 Å². The second-order valence-electron chi connectivity index (χ2n) is 6.19. The number of alkyl halides is 3. The summed E-state index contributed by atoms with van der Waals surface area (Å²) in [5.74, 6) is -0.0920. The summed E-state index contributed by atoms with van der Waals surface area (Å²) >= 11 is 6.04. The summed E-state index contributed by atoms with van der Waals surface area (Å²) in [5.41, 5.74) is 2.68. The van der Waals surface area contributed by atoms with Gasteiger partial charge in [0.15, 0.2) is 0 Å². The molecule has 3 rings (SSSR count). The molecule has 0 saturated heterocycles. The van der Waals surface area contributed by atoms with Crippen LogP contribution in [-0.4, -0.2) is 33.5 Å². The molecule has 4 nitrogen and oxygen atoms in total. The SMILES string of the molecule is O=C1c2ccnc(Cl)c2CN1CCc1cccc(CCCC(F)(F)F)n1. The van der Waals surface area contributed by atoms with E-state index in [1.54, 1.807) is 23.1 Å². The summed E-state index contributed by atoms with van der Waals surface area (Å²) in [6.45, 7) is 0.870. The highest BCUT2D eigenvalue weighted by Gasteiger charge is 2.29. The maximum atomic E-state index is 12.4. The van der Waals surface area contributed by atoms with E-state index in [0.29, 0.717) is 35.9 Å². The predicted molar refractivity (Wildman–Crippen MR) is 90.9 cm³/mol. The number of rotatable bonds is 6. The number of carbonyl (C=O) groups is 1. The highest BCUT2D eigenvalue weighted by molar-refractivity contribution is 6.30. The highest BCUT2D eigenvalue weighted by atomic mass is 35.5. The monoisotopic (exact) mass is 383 g/mol. The highest BCUT2D eigenvalue weighted by Crippen LogP contribution is 2.27. The van der Waals surface area contributed by atoms with E-state index in [1.807, 2.05) is 6.07 Å². The quantitative estimate of drug-likeness (QED) is 0.702. The van der Waals surface area contributed by atoms with Gasteiger partial charge in [-0.05, 0) is 31.0 Å². The summed E-state index contributed by atoms with van der Waals surface area (Å²) in [6, 6.07) is 6.98. The smallest absolute Gasteiger partial charge is 0.334 e. The van der Waals surface area contributed by atoms with E-state index in [9.17, 15) is 18.0 Å². The van der Waals surface area contributed by atoms with Crippen LogP contribution >= 0.6 is 11.6 Å². The van der Waals surface area contributed by atoms with Crippen molar-refractivity contribution < 1.29 is 18.0 Å². The van der Waals surface area contributed by atoms with Crippen molar-refractivity contribution in [3.8, 4) is 0 Å². The Morgan fingerprint density at radius 1 is 1.15 bits per heavy atom. The molecule has 0 N–H and O–H groups in total. The van der Waals surface area contributed by atoms with Gasteiger partial charge in [0.05, 0.1) is 0 Å². The Bertz CT molecular complexity index is 811. The number of amides is 1. The molecule has 0 aliphatic carbocycles. The molecular weight excluding hydrogens is 367 g/mol. The van der Waals surface area contributed by atoms with Gasteiger partial charge in [-0.2, -0.15) is 13.2 Å². The lowest BCUT2D eigenvalue weighted by Crippen LogP contribution is -2.26. The van der Waals surface area contributed by atoms with Crippen LogP contribution in [0.3, 0.4) is 0 Å². The van der Waals surface area contributed by atoms with Crippen LogP contribution < -0.4 is 0 Å². The van der Waals surface area contributed by atoms with Crippen molar-refractivity contribution in [2.24, 2.45) is 0 Å². The van der Waals surface area contributed by atoms with Gasteiger partial charge in [-0.25, -0.2) is 4.98 Å². The maximum absolute atomic E-state index is 12.4. The normalized spacial score (nSPS) is 14.0. The maximum Gasteiger partial charge on any atom is 0.389 e. The molecule has 0 saturated carbocycles. The lowest BCUT2D eigenvalue weighted by atomic mass is 10.1. The third-order valence-electron chi connectivity index (χ3n) is 4.27. The molecule has 0 unspecified atom stereocenters. The minimum absolute atomic E-state index is 0.0192. The fourth-order valence-electron chi connectivity index (χ4n) is 2.96. The van der Waals surface area contributed by atoms with E-state index in [2.05, 4.69) is 9.97 Å². The van der Waals surface area contributed by atoms with E-state index >= 15 is 0 Å². The van der Waals surface area contributed by atoms with Gasteiger partial charge < -0.3 is 4.90 Å². The second kappa shape index (κ2) is 7.61. The zero-order chi connectivity index (χ0) is 18.7. The molecule has 2 aromatic heterocycles. The molecule has 1 aliphatic rings. The van der Waals surface area contributed by atoms with Crippen molar-refractivity contribution in [3.05, 3.63) is 58.1 Å². The standard InChI is InChI=1S/C18H17ClF3N3O/c19-16-15-11-25(17(26)14(15)6-9-23-16)10-7-13-4-1-3-12(24-13)5-2-8-18(20,21)22/h1,3-4,6,9H,2,5,7-8,10-11H2. The molecule has 0 radical (unpaired) electrons. The molecule has 0 fully saturated rings. The Morgan fingerprint density at radius 3 is 2.58 bits per heavy atom. The van der Waals surface area contributed by atoms with Crippen molar-refractivity contribution in [1.29, 1.82) is 0 Å². The summed E-state index contributed by atoms with van der Waals surface area (Å²) in [5, 5.41) is 0.336. The van der Waals surface area contributed by atoms with E-state index in [0.717, 1.165) is 11.3 Å². The Labute approximate surface area is 154 Å². The number of carbonyl (C=O) groups excluding carboxylic acids is 1. The average Bonchev–Trinajstić information content (AvgIpc) is 2.90. The van der Waals surface area contributed by atoms with E-state index in [-0.39, 0.29) is 18.7 Å². The van der Waals surface area contributed by atoms with Crippen molar-refractivity contribution >= 4 is 17.5 Å². The summed E-state index contributed by atoms with van der Waals surface area (Å²) in [7, 11) is 0. The van der Waals surface area contributed by atoms with E-state index in [4.69, 9.17) is 11.6 Å². The van der Waals surface area contributed by atoms with Gasteiger partial charge in [-0.1, -0.05) is 17.7 Å². The first kappa shape index (κ1) is 18.6. The van der Waals surface area contributed by atoms with E-state index in [1.165, 1.54) is 6.20 Å². The molecule has 0 aromatic carbocycles. The molecule has 2 aromatic rings. The van der Waals surface area contributed by atoms with Crippen LogP contribution in [0.5, 0.6) is 0 Å². The van der Waals surface area contributed by atoms with Crippen LogP contribution in [0, 0.1) is 0 Å². The number of nitrogens with zero attached hydrogens (tertiary/aromatic N) is 3. The van der Waals surface area contributed by atoms with Gasteiger partial charge in [-0.3, -0.25) is 9.78 Å². The first-order valence-electron chi connectivity index (χ1n) is 8.28. The van der Waals surface area contributed by atoms with Crippen molar-refractivity contribution in [2.45, 2.75) is 38.4 Å². The summed E-state index contributed by atoms with van der Waals surface area (Å²) in [4.78, 5) is 22.5. The average molecular weight is 384 g/mol. The number of halogens is 4. The minimum atomic E-state index is -4.14. The second-order valence-corrected chi connectivity index (χ2v) is 6.55. The first-order chi connectivity index (χ1) is 12.3. The molecule has 1 aliphatic heterocycles. The molecule has 138 valence electrons. The Balaban J connectivity index is 1.57. The molecule has 0 atom stereocenters. The largest absolute Gasteiger partial charge is 0.389 e. The third-order valence-corrected chi connectivity index (χ3v) is 4.59. The Kier molecular flexibility index (Phi) is 5.46. The first-order valence-corrected chi connectivity index (χ1v) is 8.65. The van der Waals surface area contributed by atoms with Crippen LogP contribution in [0.25, 0.3) is 0 Å². The van der Waals surface area contributed by atoms with Gasteiger partial charge in [0, 0.05) is 54.6 Å². The number of aryl methyl sites for hydroxylation is 1. The summed E-state index contributed by atoms with van der Waals surface area (Å²) in [6.07, 6.45) is -2.62. The number of pyridine rings is 2. The topological polar surface area (TPSA) is 46.1 Å². The Morgan fingerprint density at radius 2 is 1.88 bits per heavy atom. The van der Waals surface area contributed by atoms with Gasteiger partial charge in [0.1, 0.15) is 5.15 Å². The van der Waals surface area contributed by atoms with Crippen LogP contribution in [0.15, 0.2) is 30.5 Å². The van der Waals surface area contributed by atoms with Crippen LogP contribution in [-0.2, 0) is 19.4 Å². The third kappa shape index (κ3) is 4.52. The number of hydrogen-bond acceptors (Lipinski definition) is 3. The van der Waals surface area contributed by atoms with E-state index < -0.39 is 12.6 Å². The molecule has 3 heterocycles. The van der Waals surface area contributed by atoms with Crippen molar-refractivity contribution in [3.63, 3.8) is 0 Å². The molecule has 1 amide bonds. The fraction of sp³-hybridized carbons (Fsp3) is 0.389. The predicted octanol–water partition coefficient (Wildman–Crippen LogP) is 4.21. The van der Waals surface area contributed by atoms with Crippen molar-refractivity contribution in [2.75, 3.05) is 6.54 Å². The molecule has 0 bridgehead atoms. The lowest BCUT2D eigenvalue weighted by Gasteiger charge is -2.15. The fourth-order valence-corrected chi connectivity index (χ4v) is 3.18. The summed E-state index contributed by atoms with van der Waals surface area (Å²) < 4.78 is 36.7. The number of aromatic nitrogens is 2. The number of fused-ring (bicyclic) bond motifs is 1. The molecular formula is C18H17ClF3N3O. The van der Waals surface area contributed by atoms with Gasteiger partial charge in [-0.15, -0.1) is 0 Å². The van der Waals surface area contributed by atoms with Gasteiger partial charge in [0.2, 0.25) is 0 Å². The molecule has 26 heavy (non-hydrogen) atoms. The molecule has 0 spiro atoms. The van der Waals surface area contributed by atoms with Crippen LogP contribution in [0.4, 0.5) is 13.2 Å². The number of hydrogen-bond donors (Lipinski definition) is 0. The zero-order valence-electron chi connectivity index (χ0n) is 13.9.